The Hall–Kier alpha value is -0.180. The monoisotopic (exact) mass is 159 g/mol. The maximum atomic E-state index is 10.8. The fourth-order valence-electron chi connectivity index (χ4n) is 0.832. The molecule has 1 rings (SSSR count). The van der Waals surface area contributed by atoms with Crippen LogP contribution in [0.4, 0.5) is 4.79 Å². The maximum Gasteiger partial charge on any atom is 0.279 e. The minimum Gasteiger partial charge on any atom is -0.341 e. The summed E-state index contributed by atoms with van der Waals surface area (Å²) in [7, 11) is 0. The summed E-state index contributed by atoms with van der Waals surface area (Å²) in [5.74, 6) is 1.43. The van der Waals surface area contributed by atoms with Gasteiger partial charge in [0.25, 0.3) is 5.24 Å². The Morgan fingerprint density at radius 3 is 2.50 bits per heavy atom. The molecule has 0 aliphatic carbocycles. The summed E-state index contributed by atoms with van der Waals surface area (Å²) in [6.07, 6.45) is 0. The van der Waals surface area contributed by atoms with Gasteiger partial charge in [-0.1, -0.05) is 25.6 Å². The number of amides is 1. The van der Waals surface area contributed by atoms with Crippen LogP contribution >= 0.6 is 11.8 Å². The predicted molar refractivity (Wildman–Crippen MR) is 44.2 cm³/mol. The molecule has 1 heterocycles. The molecule has 1 N–H and O–H groups in total. The van der Waals surface area contributed by atoms with Crippen molar-refractivity contribution >= 4 is 17.0 Å². The van der Waals surface area contributed by atoms with Crippen molar-refractivity contribution in [3.63, 3.8) is 0 Å². The summed E-state index contributed by atoms with van der Waals surface area (Å²) >= 11 is 1.38. The van der Waals surface area contributed by atoms with E-state index in [-0.39, 0.29) is 10.8 Å². The zero-order valence-electron chi connectivity index (χ0n) is 6.60. The molecule has 1 fully saturated rings. The van der Waals surface area contributed by atoms with Crippen LogP contribution in [0.15, 0.2) is 0 Å². The van der Waals surface area contributed by atoms with Crippen molar-refractivity contribution in [3.05, 3.63) is 0 Å². The van der Waals surface area contributed by atoms with Crippen LogP contribution in [0.1, 0.15) is 20.8 Å². The molecule has 1 unspecified atom stereocenters. The molecular weight excluding hydrogens is 146 g/mol. The number of carbonyl (C=O) groups excluding carboxylic acids is 1. The van der Waals surface area contributed by atoms with Crippen LogP contribution in [-0.2, 0) is 0 Å². The number of thioether (sulfide) groups is 1. The highest BCUT2D eigenvalue weighted by molar-refractivity contribution is 8.14. The highest BCUT2D eigenvalue weighted by atomic mass is 32.2. The van der Waals surface area contributed by atoms with E-state index in [0.29, 0.717) is 5.92 Å². The van der Waals surface area contributed by atoms with E-state index in [2.05, 4.69) is 26.1 Å². The van der Waals surface area contributed by atoms with E-state index in [4.69, 9.17) is 0 Å². The molecule has 58 valence electrons. The molecule has 0 spiro atoms. The largest absolute Gasteiger partial charge is 0.341 e. The molecule has 10 heavy (non-hydrogen) atoms. The Labute approximate surface area is 65.8 Å². The lowest BCUT2D eigenvalue weighted by Gasteiger charge is -2.27. The van der Waals surface area contributed by atoms with Crippen LogP contribution < -0.4 is 5.32 Å². The molecule has 0 saturated carbocycles. The molecule has 0 bridgehead atoms. The molecule has 0 aromatic carbocycles. The van der Waals surface area contributed by atoms with Gasteiger partial charge in [0, 0.05) is 11.3 Å². The number of hydrogen-bond acceptors (Lipinski definition) is 2. The van der Waals surface area contributed by atoms with Crippen molar-refractivity contribution in [1.82, 2.24) is 5.32 Å². The van der Waals surface area contributed by atoms with Crippen molar-refractivity contribution in [2.75, 3.05) is 5.75 Å². The third-order valence-electron chi connectivity index (χ3n) is 2.16. The molecule has 1 atom stereocenters. The average molecular weight is 159 g/mol. The molecule has 1 saturated heterocycles. The second-order valence-electron chi connectivity index (χ2n) is 3.27. The first kappa shape index (κ1) is 7.92. The average Bonchev–Trinajstić information content (AvgIpc) is 2.13. The standard InChI is InChI=1S/C7H13NOS/c1-5(2)7(3)4-10-6(9)8-7/h5H,4H2,1-3H3,(H,8,9). The third-order valence-corrected chi connectivity index (χ3v) is 3.27. The number of hydrogen-bond donors (Lipinski definition) is 1. The van der Waals surface area contributed by atoms with Crippen molar-refractivity contribution in [3.8, 4) is 0 Å². The fourth-order valence-corrected chi connectivity index (χ4v) is 1.97. The van der Waals surface area contributed by atoms with Crippen LogP contribution in [0.2, 0.25) is 0 Å². The first-order chi connectivity index (χ1) is 4.54. The van der Waals surface area contributed by atoms with E-state index in [0.717, 1.165) is 5.75 Å². The zero-order chi connectivity index (χ0) is 7.78. The second-order valence-corrected chi connectivity index (χ2v) is 4.22. The second kappa shape index (κ2) is 2.46. The lowest BCUT2D eigenvalue weighted by Crippen LogP contribution is -2.44. The van der Waals surface area contributed by atoms with Gasteiger partial charge in [-0.05, 0) is 12.8 Å². The smallest absolute Gasteiger partial charge is 0.279 e. The SMILES string of the molecule is CC(C)C1(C)CSC(=O)N1. The highest BCUT2D eigenvalue weighted by Crippen LogP contribution is 2.28. The van der Waals surface area contributed by atoms with Crippen molar-refractivity contribution < 1.29 is 4.79 Å². The summed E-state index contributed by atoms with van der Waals surface area (Å²) in [6.45, 7) is 6.36. The Bertz CT molecular complexity index is 158. The molecule has 3 heteroatoms. The topological polar surface area (TPSA) is 29.1 Å². The molecule has 0 aromatic heterocycles. The van der Waals surface area contributed by atoms with Crippen molar-refractivity contribution in [2.24, 2.45) is 5.92 Å². The maximum absolute atomic E-state index is 10.8. The lowest BCUT2D eigenvalue weighted by atomic mass is 9.91. The Kier molecular flexibility index (Phi) is 1.95. The van der Waals surface area contributed by atoms with Gasteiger partial charge in [0.2, 0.25) is 0 Å². The van der Waals surface area contributed by atoms with Crippen molar-refractivity contribution in [2.45, 2.75) is 26.3 Å². The van der Waals surface area contributed by atoms with Gasteiger partial charge in [0.05, 0.1) is 0 Å². The fraction of sp³-hybridized carbons (Fsp3) is 0.857. The van der Waals surface area contributed by atoms with E-state index < -0.39 is 0 Å². The van der Waals surface area contributed by atoms with Gasteiger partial charge in [-0.3, -0.25) is 4.79 Å². The third kappa shape index (κ3) is 1.29. The summed E-state index contributed by atoms with van der Waals surface area (Å²) in [5.41, 5.74) is 0.0295. The summed E-state index contributed by atoms with van der Waals surface area (Å²) < 4.78 is 0. The van der Waals surface area contributed by atoms with Crippen LogP contribution in [0.5, 0.6) is 0 Å². The molecular formula is C7H13NOS. The predicted octanol–water partition coefficient (Wildman–Crippen LogP) is 1.86. The molecule has 1 aliphatic heterocycles. The van der Waals surface area contributed by atoms with Crippen LogP contribution in [0.25, 0.3) is 0 Å². The van der Waals surface area contributed by atoms with Crippen LogP contribution in [0.3, 0.4) is 0 Å². The Balaban J connectivity index is 2.63. The molecule has 1 amide bonds. The van der Waals surface area contributed by atoms with E-state index in [1.165, 1.54) is 11.8 Å². The minimum atomic E-state index is 0.0295. The van der Waals surface area contributed by atoms with Gasteiger partial charge in [-0.15, -0.1) is 0 Å². The molecule has 2 nitrogen and oxygen atoms in total. The van der Waals surface area contributed by atoms with Gasteiger partial charge < -0.3 is 5.32 Å². The van der Waals surface area contributed by atoms with E-state index in [9.17, 15) is 4.79 Å². The van der Waals surface area contributed by atoms with Gasteiger partial charge in [0.1, 0.15) is 0 Å². The summed E-state index contributed by atoms with van der Waals surface area (Å²) in [6, 6.07) is 0. The van der Waals surface area contributed by atoms with E-state index >= 15 is 0 Å². The van der Waals surface area contributed by atoms with E-state index in [1.54, 1.807) is 0 Å². The normalized spacial score (nSPS) is 33.0. The van der Waals surface area contributed by atoms with Gasteiger partial charge in [-0.25, -0.2) is 0 Å². The zero-order valence-corrected chi connectivity index (χ0v) is 7.42. The first-order valence-corrected chi connectivity index (χ1v) is 4.48. The van der Waals surface area contributed by atoms with Crippen LogP contribution in [-0.4, -0.2) is 16.5 Å². The highest BCUT2D eigenvalue weighted by Gasteiger charge is 2.36. The van der Waals surface area contributed by atoms with Gasteiger partial charge in [-0.2, -0.15) is 0 Å². The quantitative estimate of drug-likeness (QED) is 0.632. The number of carbonyl (C=O) groups is 1. The summed E-state index contributed by atoms with van der Waals surface area (Å²) in [5, 5.41) is 3.08. The minimum absolute atomic E-state index is 0.0295. The number of nitrogens with one attached hydrogen (secondary N) is 1. The summed E-state index contributed by atoms with van der Waals surface area (Å²) in [4.78, 5) is 10.8. The van der Waals surface area contributed by atoms with E-state index in [1.807, 2.05) is 0 Å². The Morgan fingerprint density at radius 2 is 2.30 bits per heavy atom. The van der Waals surface area contributed by atoms with Gasteiger partial charge in [0.15, 0.2) is 0 Å². The lowest BCUT2D eigenvalue weighted by molar-refractivity contribution is 0.245. The van der Waals surface area contributed by atoms with Crippen molar-refractivity contribution in [1.29, 1.82) is 0 Å². The Morgan fingerprint density at radius 1 is 1.70 bits per heavy atom. The molecule has 0 aromatic rings. The van der Waals surface area contributed by atoms with Crippen LogP contribution in [0, 0.1) is 5.92 Å². The van der Waals surface area contributed by atoms with Gasteiger partial charge >= 0.3 is 0 Å². The molecule has 1 aliphatic rings. The first-order valence-electron chi connectivity index (χ1n) is 3.49. The number of rotatable bonds is 1. The molecule has 0 radical (unpaired) electrons.